The van der Waals surface area contributed by atoms with Gasteiger partial charge in [-0.3, -0.25) is 9.48 Å². The van der Waals surface area contributed by atoms with Crippen LogP contribution < -0.4 is 5.32 Å². The molecule has 0 unspecified atom stereocenters. The van der Waals surface area contributed by atoms with E-state index in [0.717, 1.165) is 29.6 Å². The predicted molar refractivity (Wildman–Crippen MR) is 113 cm³/mol. The Morgan fingerprint density at radius 3 is 3.03 bits per heavy atom. The molecule has 1 amide bonds. The summed E-state index contributed by atoms with van der Waals surface area (Å²) in [4.78, 5) is 24.7. The first kappa shape index (κ1) is 18.1. The van der Waals surface area contributed by atoms with Crippen LogP contribution in [0.3, 0.4) is 0 Å². The van der Waals surface area contributed by atoms with E-state index < -0.39 is 0 Å². The average Bonchev–Trinajstić information content (AvgIpc) is 3.33. The number of carbonyl (C=O) groups excluding carboxylic acids is 1. The molecule has 29 heavy (non-hydrogen) atoms. The van der Waals surface area contributed by atoms with Crippen LogP contribution in [-0.4, -0.2) is 37.2 Å². The largest absolute Gasteiger partial charge is 0.352 e. The van der Waals surface area contributed by atoms with Crippen LogP contribution in [0.25, 0.3) is 33.5 Å². The summed E-state index contributed by atoms with van der Waals surface area (Å²) in [6.07, 6.45) is 6.70. The fourth-order valence-corrected chi connectivity index (χ4v) is 3.70. The summed E-state index contributed by atoms with van der Waals surface area (Å²) in [6.45, 7) is 3.51. The molecular formula is C21H21ClN6O. The molecule has 8 heteroatoms. The first-order valence-electron chi connectivity index (χ1n) is 9.93. The second-order valence-electron chi connectivity index (χ2n) is 7.55. The summed E-state index contributed by atoms with van der Waals surface area (Å²) in [5, 5.41) is 9.40. The van der Waals surface area contributed by atoms with Crippen molar-refractivity contribution in [2.45, 2.75) is 32.7 Å². The normalized spacial score (nSPS) is 14.0. The molecule has 0 aliphatic heterocycles. The molecule has 2 N–H and O–H groups in total. The first-order valence-corrected chi connectivity index (χ1v) is 10.3. The van der Waals surface area contributed by atoms with Gasteiger partial charge < -0.3 is 10.3 Å². The van der Waals surface area contributed by atoms with Gasteiger partial charge in [0.1, 0.15) is 16.9 Å². The molecule has 4 aromatic rings. The molecule has 5 rings (SSSR count). The van der Waals surface area contributed by atoms with Crippen LogP contribution in [0.15, 0.2) is 30.6 Å². The van der Waals surface area contributed by atoms with Crippen molar-refractivity contribution in [1.82, 2.24) is 30.0 Å². The minimum absolute atomic E-state index is 0.152. The molecule has 1 aromatic carbocycles. The average molecular weight is 409 g/mol. The summed E-state index contributed by atoms with van der Waals surface area (Å²) in [5.41, 5.74) is 4.02. The van der Waals surface area contributed by atoms with E-state index in [2.05, 4.69) is 15.3 Å². The van der Waals surface area contributed by atoms with Gasteiger partial charge in [0.25, 0.3) is 5.91 Å². The number of amides is 1. The molecule has 3 heterocycles. The van der Waals surface area contributed by atoms with E-state index in [1.54, 1.807) is 12.4 Å². The highest BCUT2D eigenvalue weighted by molar-refractivity contribution is 6.31. The van der Waals surface area contributed by atoms with Gasteiger partial charge in [0.05, 0.1) is 17.3 Å². The lowest BCUT2D eigenvalue weighted by Crippen LogP contribution is -2.23. The summed E-state index contributed by atoms with van der Waals surface area (Å²) in [5.74, 6) is 0.525. The van der Waals surface area contributed by atoms with Crippen LogP contribution in [0.2, 0.25) is 5.02 Å². The molecule has 1 aliphatic rings. The minimum Gasteiger partial charge on any atom is -0.352 e. The maximum atomic E-state index is 12.5. The van der Waals surface area contributed by atoms with Gasteiger partial charge in [0, 0.05) is 29.7 Å². The number of nitrogens with one attached hydrogen (secondary N) is 2. The Morgan fingerprint density at radius 2 is 2.24 bits per heavy atom. The fraction of sp³-hybridized carbons (Fsp3) is 0.333. The smallest absolute Gasteiger partial charge is 0.255 e. The molecule has 0 radical (unpaired) electrons. The third kappa shape index (κ3) is 3.35. The van der Waals surface area contributed by atoms with Gasteiger partial charge in [-0.2, -0.15) is 5.10 Å². The highest BCUT2D eigenvalue weighted by Gasteiger charge is 2.25. The lowest BCUT2D eigenvalue weighted by Gasteiger charge is -2.02. The molecule has 1 saturated carbocycles. The van der Waals surface area contributed by atoms with Crippen molar-refractivity contribution in [3.05, 3.63) is 41.2 Å². The zero-order chi connectivity index (χ0) is 20.0. The van der Waals surface area contributed by atoms with E-state index in [4.69, 9.17) is 21.7 Å². The zero-order valence-corrected chi connectivity index (χ0v) is 16.8. The first-order chi connectivity index (χ1) is 14.1. The molecule has 3 aromatic heterocycles. The Labute approximate surface area is 172 Å². The maximum Gasteiger partial charge on any atom is 0.255 e. The van der Waals surface area contributed by atoms with Crippen molar-refractivity contribution in [3.63, 3.8) is 0 Å². The van der Waals surface area contributed by atoms with Crippen LogP contribution in [0.1, 0.15) is 36.5 Å². The molecule has 148 valence electrons. The molecular weight excluding hydrogens is 388 g/mol. The number of hydrogen-bond acceptors (Lipinski definition) is 4. The van der Waals surface area contributed by atoms with Crippen molar-refractivity contribution >= 4 is 39.6 Å². The second-order valence-corrected chi connectivity index (χ2v) is 7.98. The minimum atomic E-state index is -0.152. The molecule has 1 fully saturated rings. The number of halogens is 1. The van der Waals surface area contributed by atoms with E-state index >= 15 is 0 Å². The molecule has 7 nitrogen and oxygen atoms in total. The lowest BCUT2D eigenvalue weighted by atomic mass is 10.1. The third-order valence-corrected chi connectivity index (χ3v) is 5.48. The zero-order valence-electron chi connectivity index (χ0n) is 16.1. The van der Waals surface area contributed by atoms with Gasteiger partial charge in [-0.25, -0.2) is 9.97 Å². The Kier molecular flexibility index (Phi) is 4.47. The van der Waals surface area contributed by atoms with Gasteiger partial charge in [-0.1, -0.05) is 18.5 Å². The van der Waals surface area contributed by atoms with Crippen LogP contribution >= 0.6 is 11.6 Å². The summed E-state index contributed by atoms with van der Waals surface area (Å²) in [6, 6.07) is 5.78. The Hall–Kier alpha value is -2.93. The number of rotatable bonds is 6. The predicted octanol–water partition coefficient (Wildman–Crippen LogP) is 4.18. The molecule has 0 spiro atoms. The standard InChI is InChI=1S/C21H21ClN6O/c1-2-7-23-21(29)15-9-24-20-19(15)26-16(10-25-20)18-14-6-5-13(22)8-17(14)28(27-18)11-12-3-4-12/h5-6,8-10,12H,2-4,7,11H2,1H3,(H,23,29)(H,24,25). The van der Waals surface area contributed by atoms with Crippen molar-refractivity contribution in [3.8, 4) is 11.4 Å². The van der Waals surface area contributed by atoms with E-state index in [-0.39, 0.29) is 5.91 Å². The quantitative estimate of drug-likeness (QED) is 0.501. The Morgan fingerprint density at radius 1 is 1.38 bits per heavy atom. The van der Waals surface area contributed by atoms with Gasteiger partial charge in [-0.05, 0) is 43.4 Å². The van der Waals surface area contributed by atoms with E-state index in [0.29, 0.717) is 39.9 Å². The SMILES string of the molecule is CCCNC(=O)c1c[nH]c2ncc(-c3nn(CC4CC4)c4cc(Cl)ccc34)nc12. The number of aromatic nitrogens is 5. The van der Waals surface area contributed by atoms with Crippen molar-refractivity contribution in [1.29, 1.82) is 0 Å². The van der Waals surface area contributed by atoms with Gasteiger partial charge in [0.2, 0.25) is 0 Å². The third-order valence-electron chi connectivity index (χ3n) is 5.25. The summed E-state index contributed by atoms with van der Waals surface area (Å²) >= 11 is 6.24. The number of benzene rings is 1. The summed E-state index contributed by atoms with van der Waals surface area (Å²) in [7, 11) is 0. The molecule has 0 atom stereocenters. The van der Waals surface area contributed by atoms with Crippen LogP contribution in [0.4, 0.5) is 0 Å². The summed E-state index contributed by atoms with van der Waals surface area (Å²) < 4.78 is 2.02. The van der Waals surface area contributed by atoms with Gasteiger partial charge >= 0.3 is 0 Å². The Bertz CT molecular complexity index is 1220. The second kappa shape index (κ2) is 7.15. The molecule has 1 aliphatic carbocycles. The van der Waals surface area contributed by atoms with Crippen molar-refractivity contribution in [2.75, 3.05) is 6.54 Å². The molecule has 0 saturated heterocycles. The van der Waals surface area contributed by atoms with Crippen molar-refractivity contribution in [2.24, 2.45) is 5.92 Å². The number of hydrogen-bond donors (Lipinski definition) is 2. The number of aromatic amines is 1. The fourth-order valence-electron chi connectivity index (χ4n) is 3.53. The van der Waals surface area contributed by atoms with E-state index in [1.807, 2.05) is 29.8 Å². The number of H-pyrrole nitrogens is 1. The maximum absolute atomic E-state index is 12.5. The Balaban J connectivity index is 1.61. The van der Waals surface area contributed by atoms with Gasteiger partial charge in [0.15, 0.2) is 5.65 Å². The number of fused-ring (bicyclic) bond motifs is 2. The van der Waals surface area contributed by atoms with Crippen molar-refractivity contribution < 1.29 is 4.79 Å². The molecule has 0 bridgehead atoms. The van der Waals surface area contributed by atoms with Crippen LogP contribution in [0, 0.1) is 5.92 Å². The highest BCUT2D eigenvalue weighted by atomic mass is 35.5. The number of carbonyl (C=O) groups is 1. The van der Waals surface area contributed by atoms with Crippen LogP contribution in [-0.2, 0) is 6.54 Å². The lowest BCUT2D eigenvalue weighted by molar-refractivity contribution is 0.0955. The van der Waals surface area contributed by atoms with E-state index in [1.165, 1.54) is 12.8 Å². The highest BCUT2D eigenvalue weighted by Crippen LogP contribution is 2.34. The topological polar surface area (TPSA) is 88.5 Å². The monoisotopic (exact) mass is 408 g/mol. The number of nitrogens with zero attached hydrogens (tertiary/aromatic N) is 4. The van der Waals surface area contributed by atoms with E-state index in [9.17, 15) is 4.79 Å². The van der Waals surface area contributed by atoms with Crippen LogP contribution in [0.5, 0.6) is 0 Å². The van der Waals surface area contributed by atoms with Gasteiger partial charge in [-0.15, -0.1) is 0 Å².